The number of rotatable bonds is 9. The van der Waals surface area contributed by atoms with Crippen LogP contribution in [0.4, 0.5) is 0 Å². The van der Waals surface area contributed by atoms with E-state index in [1.54, 1.807) is 6.07 Å². The number of thiophene rings is 1. The second kappa shape index (κ2) is 11.2. The van der Waals surface area contributed by atoms with Crippen molar-refractivity contribution in [1.29, 1.82) is 0 Å². The van der Waals surface area contributed by atoms with Crippen LogP contribution < -0.4 is 5.32 Å². The summed E-state index contributed by atoms with van der Waals surface area (Å²) in [5, 5.41) is 3.17. The van der Waals surface area contributed by atoms with E-state index in [2.05, 4.69) is 24.1 Å². The molecule has 0 bridgehead atoms. The SMILES string of the molecule is CCC(CC)C(CNC(=O)C1CCCN(S(=O)(=O)c2ccc(C)s2)C1)N1CCOCC1. The Morgan fingerprint density at radius 3 is 2.55 bits per heavy atom. The number of nitrogens with one attached hydrogen (secondary N) is 1. The van der Waals surface area contributed by atoms with E-state index in [9.17, 15) is 13.2 Å². The first kappa shape index (κ1) is 24.6. The Kier molecular flexibility index (Phi) is 8.92. The van der Waals surface area contributed by atoms with Crippen molar-refractivity contribution in [2.75, 3.05) is 45.9 Å². The predicted molar refractivity (Wildman–Crippen MR) is 124 cm³/mol. The molecule has 2 unspecified atom stereocenters. The number of hydrogen-bond acceptors (Lipinski definition) is 6. The Bertz CT molecular complexity index is 816. The average Bonchev–Trinajstić information content (AvgIpc) is 3.24. The van der Waals surface area contributed by atoms with Crippen LogP contribution in [0.1, 0.15) is 44.4 Å². The predicted octanol–water partition coefficient (Wildman–Crippen LogP) is 2.71. The van der Waals surface area contributed by atoms with E-state index >= 15 is 0 Å². The van der Waals surface area contributed by atoms with Crippen LogP contribution in [0.25, 0.3) is 0 Å². The molecule has 3 rings (SSSR count). The van der Waals surface area contributed by atoms with E-state index in [4.69, 9.17) is 4.74 Å². The molecule has 0 aliphatic carbocycles. The van der Waals surface area contributed by atoms with Gasteiger partial charge in [0, 0.05) is 43.6 Å². The van der Waals surface area contributed by atoms with Crippen LogP contribution in [0, 0.1) is 18.8 Å². The second-order valence-electron chi connectivity index (χ2n) is 8.60. The number of aryl methyl sites for hydroxylation is 1. The van der Waals surface area contributed by atoms with Crippen LogP contribution in [0.2, 0.25) is 0 Å². The molecule has 7 nitrogen and oxygen atoms in total. The fraction of sp³-hybridized carbons (Fsp3) is 0.773. The fourth-order valence-electron chi connectivity index (χ4n) is 4.74. The molecule has 2 fully saturated rings. The molecule has 2 saturated heterocycles. The molecule has 0 saturated carbocycles. The van der Waals surface area contributed by atoms with E-state index in [0.29, 0.717) is 35.7 Å². The summed E-state index contributed by atoms with van der Waals surface area (Å²) >= 11 is 1.29. The number of sulfonamides is 1. The molecule has 2 aliphatic rings. The lowest BCUT2D eigenvalue weighted by Crippen LogP contribution is -2.53. The quantitative estimate of drug-likeness (QED) is 0.599. The molecule has 2 aliphatic heterocycles. The minimum absolute atomic E-state index is 0.0218. The van der Waals surface area contributed by atoms with Gasteiger partial charge in [-0.05, 0) is 37.8 Å². The summed E-state index contributed by atoms with van der Waals surface area (Å²) in [5.74, 6) is 0.201. The molecule has 0 spiro atoms. The van der Waals surface area contributed by atoms with Gasteiger partial charge in [-0.15, -0.1) is 11.3 Å². The third kappa shape index (κ3) is 6.07. The largest absolute Gasteiger partial charge is 0.379 e. The minimum Gasteiger partial charge on any atom is -0.379 e. The van der Waals surface area contributed by atoms with Gasteiger partial charge in [-0.1, -0.05) is 26.7 Å². The van der Waals surface area contributed by atoms with Gasteiger partial charge in [0.05, 0.1) is 19.1 Å². The molecule has 0 radical (unpaired) electrons. The normalized spacial score (nSPS) is 22.5. The maximum atomic E-state index is 13.0. The third-order valence-electron chi connectivity index (χ3n) is 6.66. The van der Waals surface area contributed by atoms with Crippen molar-refractivity contribution in [3.63, 3.8) is 0 Å². The van der Waals surface area contributed by atoms with Crippen molar-refractivity contribution in [3.05, 3.63) is 17.0 Å². The highest BCUT2D eigenvalue weighted by atomic mass is 32.2. The van der Waals surface area contributed by atoms with E-state index < -0.39 is 10.0 Å². The number of hydrogen-bond donors (Lipinski definition) is 1. The Morgan fingerprint density at radius 2 is 1.94 bits per heavy atom. The summed E-state index contributed by atoms with van der Waals surface area (Å²) in [6.07, 6.45) is 3.59. The molecule has 31 heavy (non-hydrogen) atoms. The topological polar surface area (TPSA) is 79.0 Å². The smallest absolute Gasteiger partial charge is 0.252 e. The highest BCUT2D eigenvalue weighted by molar-refractivity contribution is 7.91. The average molecular weight is 472 g/mol. The first-order valence-corrected chi connectivity index (χ1v) is 13.8. The van der Waals surface area contributed by atoms with Gasteiger partial charge in [-0.2, -0.15) is 4.31 Å². The molecular weight excluding hydrogens is 434 g/mol. The fourth-order valence-corrected chi connectivity index (χ4v) is 7.70. The summed E-state index contributed by atoms with van der Waals surface area (Å²) in [5.41, 5.74) is 0. The lowest BCUT2D eigenvalue weighted by molar-refractivity contribution is -0.126. The number of carbonyl (C=O) groups excluding carboxylic acids is 1. The second-order valence-corrected chi connectivity index (χ2v) is 12.1. The van der Waals surface area contributed by atoms with E-state index in [-0.39, 0.29) is 18.4 Å². The number of carbonyl (C=O) groups is 1. The Hall–Kier alpha value is -1.00. The van der Waals surface area contributed by atoms with E-state index in [0.717, 1.165) is 50.4 Å². The van der Waals surface area contributed by atoms with Gasteiger partial charge in [0.1, 0.15) is 4.21 Å². The van der Waals surface area contributed by atoms with Crippen LogP contribution in [0.5, 0.6) is 0 Å². The van der Waals surface area contributed by atoms with E-state index in [1.165, 1.54) is 15.6 Å². The van der Waals surface area contributed by atoms with Gasteiger partial charge < -0.3 is 10.1 Å². The monoisotopic (exact) mass is 471 g/mol. The summed E-state index contributed by atoms with van der Waals surface area (Å²) in [4.78, 5) is 16.4. The number of piperidine rings is 1. The summed E-state index contributed by atoms with van der Waals surface area (Å²) in [7, 11) is -3.53. The van der Waals surface area contributed by atoms with Crippen LogP contribution in [0.15, 0.2) is 16.3 Å². The first-order chi connectivity index (χ1) is 14.9. The van der Waals surface area contributed by atoms with Crippen molar-refractivity contribution >= 4 is 27.3 Å². The van der Waals surface area contributed by atoms with Crippen molar-refractivity contribution in [3.8, 4) is 0 Å². The van der Waals surface area contributed by atoms with Gasteiger partial charge in [0.2, 0.25) is 5.91 Å². The van der Waals surface area contributed by atoms with Gasteiger partial charge >= 0.3 is 0 Å². The number of morpholine rings is 1. The van der Waals surface area contributed by atoms with Crippen LogP contribution in [-0.4, -0.2) is 75.5 Å². The zero-order valence-electron chi connectivity index (χ0n) is 19.0. The molecule has 3 heterocycles. The Labute approximate surface area is 191 Å². The maximum Gasteiger partial charge on any atom is 0.252 e. The highest BCUT2D eigenvalue weighted by Crippen LogP contribution is 2.28. The minimum atomic E-state index is -3.53. The Balaban J connectivity index is 1.62. The molecule has 1 aromatic heterocycles. The van der Waals surface area contributed by atoms with Gasteiger partial charge in [-0.25, -0.2) is 8.42 Å². The molecule has 9 heteroatoms. The molecule has 2 atom stereocenters. The van der Waals surface area contributed by atoms with Gasteiger partial charge in [-0.3, -0.25) is 9.69 Å². The van der Waals surface area contributed by atoms with Crippen molar-refractivity contribution in [2.45, 2.75) is 56.7 Å². The van der Waals surface area contributed by atoms with Crippen LogP contribution in [0.3, 0.4) is 0 Å². The zero-order chi connectivity index (χ0) is 22.4. The molecular formula is C22H37N3O4S2. The summed E-state index contributed by atoms with van der Waals surface area (Å²) in [6, 6.07) is 3.79. The maximum absolute atomic E-state index is 13.0. The lowest BCUT2D eigenvalue weighted by atomic mass is 9.92. The van der Waals surface area contributed by atoms with Crippen LogP contribution >= 0.6 is 11.3 Å². The molecule has 1 N–H and O–H groups in total. The highest BCUT2D eigenvalue weighted by Gasteiger charge is 2.35. The standard InChI is InChI=1S/C22H37N3O4S2/c1-4-18(5-2)20(24-11-13-29-14-12-24)15-23-22(26)19-7-6-10-25(16-19)31(27,28)21-9-8-17(3)30-21/h8-9,18-20H,4-7,10-16H2,1-3H3,(H,23,26). The lowest BCUT2D eigenvalue weighted by Gasteiger charge is -2.39. The Morgan fingerprint density at radius 1 is 1.23 bits per heavy atom. The van der Waals surface area contributed by atoms with Gasteiger partial charge in [0.15, 0.2) is 0 Å². The van der Waals surface area contributed by atoms with E-state index in [1.807, 2.05) is 13.0 Å². The van der Waals surface area contributed by atoms with Gasteiger partial charge in [0.25, 0.3) is 10.0 Å². The summed E-state index contributed by atoms with van der Waals surface area (Å²) in [6.45, 7) is 10.9. The molecule has 1 aromatic rings. The van der Waals surface area contributed by atoms with Crippen LogP contribution in [-0.2, 0) is 19.6 Å². The number of nitrogens with zero attached hydrogens (tertiary/aromatic N) is 2. The first-order valence-electron chi connectivity index (χ1n) is 11.5. The molecule has 176 valence electrons. The zero-order valence-corrected chi connectivity index (χ0v) is 20.6. The molecule has 1 amide bonds. The summed E-state index contributed by atoms with van der Waals surface area (Å²) < 4.78 is 33.4. The third-order valence-corrected chi connectivity index (χ3v) is 9.99. The van der Waals surface area contributed by atoms with Crippen molar-refractivity contribution < 1.29 is 17.9 Å². The number of amides is 1. The molecule has 0 aromatic carbocycles. The van der Waals surface area contributed by atoms with Crippen molar-refractivity contribution in [2.24, 2.45) is 11.8 Å². The number of ether oxygens (including phenoxy) is 1. The van der Waals surface area contributed by atoms with Crippen molar-refractivity contribution in [1.82, 2.24) is 14.5 Å².